The summed E-state index contributed by atoms with van der Waals surface area (Å²) in [5, 5.41) is 2.51. The molecule has 0 unspecified atom stereocenters. The van der Waals surface area contributed by atoms with E-state index in [9.17, 15) is 18.4 Å². The van der Waals surface area contributed by atoms with Gasteiger partial charge in [0.15, 0.2) is 11.6 Å². The number of carbonyl (C=O) groups excluding carboxylic acids is 2. The van der Waals surface area contributed by atoms with E-state index in [-0.39, 0.29) is 11.5 Å². The number of nitrogens with one attached hydrogen (secondary N) is 1. The van der Waals surface area contributed by atoms with E-state index in [2.05, 4.69) is 10.1 Å². The fourth-order valence-electron chi connectivity index (χ4n) is 1.65. The van der Waals surface area contributed by atoms with Gasteiger partial charge in [0.1, 0.15) is 0 Å². The highest BCUT2D eigenvalue weighted by Crippen LogP contribution is 2.11. The average molecular weight is 285 g/mol. The Morgan fingerprint density at radius 2 is 1.95 bits per heavy atom. The lowest BCUT2D eigenvalue weighted by Gasteiger charge is -2.06. The van der Waals surface area contributed by atoms with E-state index < -0.39 is 17.5 Å². The maximum Gasteiger partial charge on any atom is 0.305 e. The Balaban J connectivity index is 2.27. The van der Waals surface area contributed by atoms with Crippen LogP contribution in [0.1, 0.15) is 36.0 Å². The van der Waals surface area contributed by atoms with Gasteiger partial charge in [0, 0.05) is 13.0 Å². The Labute approximate surface area is 116 Å². The standard InChI is InChI=1S/C14H17F2NO3/c1-20-12(18)8-3-2-4-9-17-14(19)10-6-5-7-11(15)13(10)16/h5-7H,2-4,8-9H2,1H3,(H,17,19). The Kier molecular flexibility index (Phi) is 6.63. The highest BCUT2D eigenvalue weighted by Gasteiger charge is 2.14. The zero-order chi connectivity index (χ0) is 15.0. The molecule has 0 saturated carbocycles. The van der Waals surface area contributed by atoms with Crippen LogP contribution in [0, 0.1) is 11.6 Å². The summed E-state index contributed by atoms with van der Waals surface area (Å²) in [5.74, 6) is -3.10. The predicted molar refractivity (Wildman–Crippen MR) is 69.2 cm³/mol. The quantitative estimate of drug-likeness (QED) is 0.618. The van der Waals surface area contributed by atoms with Gasteiger partial charge < -0.3 is 10.1 Å². The summed E-state index contributed by atoms with van der Waals surface area (Å²) in [4.78, 5) is 22.5. The first-order valence-corrected chi connectivity index (χ1v) is 6.35. The molecule has 0 aliphatic rings. The first-order valence-electron chi connectivity index (χ1n) is 6.35. The summed E-state index contributed by atoms with van der Waals surface area (Å²) < 4.78 is 30.8. The normalized spacial score (nSPS) is 10.2. The number of halogens is 2. The highest BCUT2D eigenvalue weighted by atomic mass is 19.2. The molecule has 0 spiro atoms. The van der Waals surface area contributed by atoms with Crippen molar-refractivity contribution in [2.75, 3.05) is 13.7 Å². The van der Waals surface area contributed by atoms with Crippen LogP contribution in [0.5, 0.6) is 0 Å². The van der Waals surface area contributed by atoms with Gasteiger partial charge in [-0.3, -0.25) is 9.59 Å². The number of amides is 1. The van der Waals surface area contributed by atoms with Crippen molar-refractivity contribution in [1.29, 1.82) is 0 Å². The zero-order valence-corrected chi connectivity index (χ0v) is 11.2. The number of benzene rings is 1. The second-order valence-electron chi connectivity index (χ2n) is 4.24. The number of esters is 1. The summed E-state index contributed by atoms with van der Waals surface area (Å²) >= 11 is 0. The van der Waals surface area contributed by atoms with E-state index in [4.69, 9.17) is 0 Å². The monoisotopic (exact) mass is 285 g/mol. The summed E-state index contributed by atoms with van der Waals surface area (Å²) in [5.41, 5.74) is -0.306. The highest BCUT2D eigenvalue weighted by molar-refractivity contribution is 5.94. The lowest BCUT2D eigenvalue weighted by Crippen LogP contribution is -2.25. The van der Waals surface area contributed by atoms with Gasteiger partial charge in [0.25, 0.3) is 5.91 Å². The number of unbranched alkanes of at least 4 members (excludes halogenated alkanes) is 2. The molecule has 6 heteroatoms. The topological polar surface area (TPSA) is 55.4 Å². The van der Waals surface area contributed by atoms with Crippen LogP contribution in [0.4, 0.5) is 8.78 Å². The summed E-state index contributed by atoms with van der Waals surface area (Å²) in [6.07, 6.45) is 2.39. The molecule has 0 aliphatic carbocycles. The lowest BCUT2D eigenvalue weighted by atomic mass is 10.1. The van der Waals surface area contributed by atoms with Gasteiger partial charge in [0.2, 0.25) is 0 Å². The lowest BCUT2D eigenvalue weighted by molar-refractivity contribution is -0.140. The minimum absolute atomic E-state index is 0.268. The second kappa shape index (κ2) is 8.24. The minimum Gasteiger partial charge on any atom is -0.469 e. The van der Waals surface area contributed by atoms with Crippen molar-refractivity contribution in [2.45, 2.75) is 25.7 Å². The Bertz CT molecular complexity index is 477. The van der Waals surface area contributed by atoms with Crippen molar-refractivity contribution in [2.24, 2.45) is 0 Å². The molecule has 20 heavy (non-hydrogen) atoms. The van der Waals surface area contributed by atoms with Crippen molar-refractivity contribution in [3.63, 3.8) is 0 Å². The first-order chi connectivity index (χ1) is 9.56. The van der Waals surface area contributed by atoms with Crippen molar-refractivity contribution in [3.05, 3.63) is 35.4 Å². The molecular weight excluding hydrogens is 268 g/mol. The molecule has 0 bridgehead atoms. The van der Waals surface area contributed by atoms with Crippen LogP contribution in [-0.2, 0) is 9.53 Å². The Hall–Kier alpha value is -1.98. The molecule has 1 amide bonds. The van der Waals surface area contributed by atoms with Crippen molar-refractivity contribution in [1.82, 2.24) is 5.32 Å². The number of ether oxygens (including phenoxy) is 1. The van der Waals surface area contributed by atoms with Gasteiger partial charge in [-0.05, 0) is 25.0 Å². The maximum atomic E-state index is 13.3. The maximum absolute atomic E-state index is 13.3. The number of rotatable bonds is 7. The molecule has 0 atom stereocenters. The van der Waals surface area contributed by atoms with E-state index in [1.54, 1.807) is 0 Å². The smallest absolute Gasteiger partial charge is 0.305 e. The van der Waals surface area contributed by atoms with Gasteiger partial charge >= 0.3 is 5.97 Å². The molecule has 0 aromatic heterocycles. The molecule has 0 fully saturated rings. The van der Waals surface area contributed by atoms with Crippen molar-refractivity contribution >= 4 is 11.9 Å². The molecule has 1 N–H and O–H groups in total. The SMILES string of the molecule is COC(=O)CCCCCNC(=O)c1cccc(F)c1F. The van der Waals surface area contributed by atoms with Crippen molar-refractivity contribution < 1.29 is 23.1 Å². The molecular formula is C14H17F2NO3. The van der Waals surface area contributed by atoms with E-state index in [0.717, 1.165) is 12.5 Å². The zero-order valence-electron chi connectivity index (χ0n) is 11.2. The van der Waals surface area contributed by atoms with Crippen molar-refractivity contribution in [3.8, 4) is 0 Å². The summed E-state index contributed by atoms with van der Waals surface area (Å²) in [6.45, 7) is 0.343. The van der Waals surface area contributed by atoms with Crippen LogP contribution >= 0.6 is 0 Å². The van der Waals surface area contributed by atoms with E-state index in [1.165, 1.54) is 19.2 Å². The van der Waals surface area contributed by atoms with E-state index in [1.807, 2.05) is 0 Å². The molecule has 0 heterocycles. The van der Waals surface area contributed by atoms with Crippen LogP contribution in [-0.4, -0.2) is 25.5 Å². The second-order valence-corrected chi connectivity index (χ2v) is 4.24. The van der Waals surface area contributed by atoms with Gasteiger partial charge in [-0.25, -0.2) is 8.78 Å². The number of hydrogen-bond donors (Lipinski definition) is 1. The molecule has 1 aromatic rings. The van der Waals surface area contributed by atoms with E-state index >= 15 is 0 Å². The molecule has 110 valence electrons. The fraction of sp³-hybridized carbons (Fsp3) is 0.429. The van der Waals surface area contributed by atoms with Crippen LogP contribution in [0.15, 0.2) is 18.2 Å². The van der Waals surface area contributed by atoms with Crippen LogP contribution in [0.2, 0.25) is 0 Å². The van der Waals surface area contributed by atoms with Gasteiger partial charge in [-0.15, -0.1) is 0 Å². The Morgan fingerprint density at radius 1 is 1.20 bits per heavy atom. The number of carbonyl (C=O) groups is 2. The van der Waals surface area contributed by atoms with Gasteiger partial charge in [0.05, 0.1) is 12.7 Å². The fourth-order valence-corrected chi connectivity index (χ4v) is 1.65. The number of hydrogen-bond acceptors (Lipinski definition) is 3. The molecule has 0 saturated heterocycles. The van der Waals surface area contributed by atoms with Gasteiger partial charge in [-0.1, -0.05) is 12.5 Å². The Morgan fingerprint density at radius 3 is 2.65 bits per heavy atom. The van der Waals surface area contributed by atoms with Crippen LogP contribution < -0.4 is 5.32 Å². The molecule has 1 aromatic carbocycles. The molecule has 4 nitrogen and oxygen atoms in total. The third-order valence-electron chi connectivity index (χ3n) is 2.77. The predicted octanol–water partition coefficient (Wildman–Crippen LogP) is 2.43. The van der Waals surface area contributed by atoms with E-state index in [0.29, 0.717) is 25.8 Å². The first kappa shape index (κ1) is 16.1. The average Bonchev–Trinajstić information content (AvgIpc) is 2.44. The summed E-state index contributed by atoms with van der Waals surface area (Å²) in [6, 6.07) is 3.47. The third kappa shape index (κ3) is 4.95. The minimum atomic E-state index is -1.14. The largest absolute Gasteiger partial charge is 0.469 e. The molecule has 0 radical (unpaired) electrons. The molecule has 0 aliphatic heterocycles. The molecule has 1 rings (SSSR count). The van der Waals surface area contributed by atoms with Crippen LogP contribution in [0.25, 0.3) is 0 Å². The van der Waals surface area contributed by atoms with Crippen LogP contribution in [0.3, 0.4) is 0 Å². The number of methoxy groups -OCH3 is 1. The van der Waals surface area contributed by atoms with Gasteiger partial charge in [-0.2, -0.15) is 0 Å². The third-order valence-corrected chi connectivity index (χ3v) is 2.77. The summed E-state index contributed by atoms with van der Waals surface area (Å²) in [7, 11) is 1.33.